The molecule has 0 unspecified atom stereocenters. The number of hydrogen-bond donors (Lipinski definition) is 1. The molecular formula is C17H15BrCl2N4O. The average Bonchev–Trinajstić information content (AvgIpc) is 3.05. The lowest BCUT2D eigenvalue weighted by molar-refractivity contribution is 0.476. The van der Waals surface area contributed by atoms with Gasteiger partial charge in [0.2, 0.25) is 5.95 Å². The van der Waals surface area contributed by atoms with Crippen molar-refractivity contribution >= 4 is 45.1 Å². The van der Waals surface area contributed by atoms with Crippen LogP contribution in [-0.4, -0.2) is 14.8 Å². The van der Waals surface area contributed by atoms with Crippen molar-refractivity contribution in [2.45, 2.75) is 20.0 Å². The van der Waals surface area contributed by atoms with E-state index in [1.54, 1.807) is 24.5 Å². The summed E-state index contributed by atoms with van der Waals surface area (Å²) >= 11 is 15.5. The van der Waals surface area contributed by atoms with E-state index in [4.69, 9.17) is 27.9 Å². The quantitative estimate of drug-likeness (QED) is 0.527. The van der Waals surface area contributed by atoms with Gasteiger partial charge in [0.1, 0.15) is 17.8 Å². The van der Waals surface area contributed by atoms with Crippen molar-refractivity contribution in [3.05, 3.63) is 62.8 Å². The fourth-order valence-electron chi connectivity index (χ4n) is 2.23. The monoisotopic (exact) mass is 440 g/mol. The van der Waals surface area contributed by atoms with Gasteiger partial charge in [-0.1, -0.05) is 45.2 Å². The molecule has 1 heterocycles. The molecule has 2 aromatic carbocycles. The molecule has 0 fully saturated rings. The van der Waals surface area contributed by atoms with Gasteiger partial charge >= 0.3 is 0 Å². The maximum Gasteiger partial charge on any atom is 0.224 e. The Bertz CT molecular complexity index is 885. The maximum absolute atomic E-state index is 6.06. The van der Waals surface area contributed by atoms with E-state index in [1.165, 1.54) is 0 Å². The fourth-order valence-corrected chi connectivity index (χ4v) is 2.86. The lowest BCUT2D eigenvalue weighted by Crippen LogP contribution is -2.07. The molecule has 5 nitrogen and oxygen atoms in total. The van der Waals surface area contributed by atoms with Crippen molar-refractivity contribution in [2.24, 2.45) is 0 Å². The molecule has 130 valence electrons. The summed E-state index contributed by atoms with van der Waals surface area (Å²) < 4.78 is 8.85. The lowest BCUT2D eigenvalue weighted by Gasteiger charge is -2.13. The molecule has 0 spiro atoms. The largest absolute Gasteiger partial charge is 0.457 e. The highest BCUT2D eigenvalue weighted by atomic mass is 79.9. The zero-order valence-corrected chi connectivity index (χ0v) is 16.4. The summed E-state index contributed by atoms with van der Waals surface area (Å²) in [5, 5.41) is 12.2. The molecule has 3 aromatic rings. The van der Waals surface area contributed by atoms with Crippen LogP contribution in [0.1, 0.15) is 12.5 Å². The van der Waals surface area contributed by atoms with Crippen molar-refractivity contribution < 1.29 is 4.74 Å². The standard InChI is InChI=1S/C17H15BrCl2N4O/c1-2-24-10-22-23-17(24)21-9-11-3-4-12(18)7-16(11)25-13-5-6-14(19)15(20)8-13/h3-8,10H,2,9H2,1H3,(H,21,23). The maximum atomic E-state index is 6.06. The highest BCUT2D eigenvalue weighted by molar-refractivity contribution is 9.10. The van der Waals surface area contributed by atoms with E-state index in [9.17, 15) is 0 Å². The minimum Gasteiger partial charge on any atom is -0.457 e. The summed E-state index contributed by atoms with van der Waals surface area (Å²) in [7, 11) is 0. The first-order chi connectivity index (χ1) is 12.1. The second kappa shape index (κ2) is 8.08. The Morgan fingerprint density at radius 3 is 2.76 bits per heavy atom. The van der Waals surface area contributed by atoms with Crippen LogP contribution in [0.3, 0.4) is 0 Å². The van der Waals surface area contributed by atoms with Crippen molar-refractivity contribution in [1.29, 1.82) is 0 Å². The molecule has 0 saturated carbocycles. The van der Waals surface area contributed by atoms with Gasteiger partial charge in [0.05, 0.1) is 10.0 Å². The summed E-state index contributed by atoms with van der Waals surface area (Å²) in [6.07, 6.45) is 1.69. The molecule has 0 atom stereocenters. The van der Waals surface area contributed by atoms with E-state index in [1.807, 2.05) is 29.7 Å². The molecule has 0 amide bonds. The predicted octanol–water partition coefficient (Wildman–Crippen LogP) is 5.77. The minimum atomic E-state index is 0.449. The first kappa shape index (κ1) is 18.0. The van der Waals surface area contributed by atoms with Gasteiger partial charge in [-0.25, -0.2) is 0 Å². The molecule has 3 rings (SSSR count). The molecule has 1 aromatic heterocycles. The molecule has 1 N–H and O–H groups in total. The van der Waals surface area contributed by atoms with E-state index in [0.717, 1.165) is 16.6 Å². The Balaban J connectivity index is 1.81. The molecule has 25 heavy (non-hydrogen) atoms. The number of aryl methyl sites for hydroxylation is 1. The molecule has 0 aliphatic carbocycles. The average molecular weight is 442 g/mol. The van der Waals surface area contributed by atoms with E-state index < -0.39 is 0 Å². The SMILES string of the molecule is CCn1cnnc1NCc1ccc(Br)cc1Oc1ccc(Cl)c(Cl)c1. The first-order valence-corrected chi connectivity index (χ1v) is 9.14. The van der Waals surface area contributed by atoms with Crippen LogP contribution in [-0.2, 0) is 13.1 Å². The van der Waals surface area contributed by atoms with Crippen LogP contribution in [0.15, 0.2) is 47.2 Å². The number of halogens is 3. The first-order valence-electron chi connectivity index (χ1n) is 7.60. The molecule has 0 radical (unpaired) electrons. The molecule has 0 aliphatic rings. The number of aromatic nitrogens is 3. The third-order valence-electron chi connectivity index (χ3n) is 3.54. The Morgan fingerprint density at radius 1 is 1.16 bits per heavy atom. The van der Waals surface area contributed by atoms with Crippen molar-refractivity contribution in [2.75, 3.05) is 5.32 Å². The van der Waals surface area contributed by atoms with Gasteiger partial charge in [-0.3, -0.25) is 0 Å². The van der Waals surface area contributed by atoms with Gasteiger partial charge in [0, 0.05) is 29.2 Å². The van der Waals surface area contributed by atoms with Crippen LogP contribution >= 0.6 is 39.1 Å². The number of ether oxygens (including phenoxy) is 1. The molecule has 0 bridgehead atoms. The Hall–Kier alpha value is -1.76. The minimum absolute atomic E-state index is 0.449. The van der Waals surface area contributed by atoms with E-state index in [2.05, 4.69) is 31.4 Å². The van der Waals surface area contributed by atoms with Crippen LogP contribution in [0.2, 0.25) is 10.0 Å². The van der Waals surface area contributed by atoms with Crippen molar-refractivity contribution in [1.82, 2.24) is 14.8 Å². The van der Waals surface area contributed by atoms with Gasteiger partial charge < -0.3 is 14.6 Å². The zero-order chi connectivity index (χ0) is 17.8. The second-order valence-electron chi connectivity index (χ2n) is 5.22. The number of benzene rings is 2. The Labute approximate surface area is 164 Å². The number of rotatable bonds is 6. The molecule has 0 saturated heterocycles. The summed E-state index contributed by atoms with van der Waals surface area (Å²) in [5.41, 5.74) is 0.972. The number of nitrogens with zero attached hydrogens (tertiary/aromatic N) is 3. The van der Waals surface area contributed by atoms with E-state index in [0.29, 0.717) is 34.0 Å². The summed E-state index contributed by atoms with van der Waals surface area (Å²) in [4.78, 5) is 0. The predicted molar refractivity (Wildman–Crippen MR) is 104 cm³/mol. The van der Waals surface area contributed by atoms with E-state index in [-0.39, 0.29) is 0 Å². The normalized spacial score (nSPS) is 10.7. The second-order valence-corrected chi connectivity index (χ2v) is 6.95. The van der Waals surface area contributed by atoms with Gasteiger partial charge in [-0.05, 0) is 31.2 Å². The van der Waals surface area contributed by atoms with Crippen LogP contribution in [0, 0.1) is 0 Å². The molecule has 8 heteroatoms. The highest BCUT2D eigenvalue weighted by Crippen LogP contribution is 2.32. The topological polar surface area (TPSA) is 52.0 Å². The smallest absolute Gasteiger partial charge is 0.224 e. The zero-order valence-electron chi connectivity index (χ0n) is 13.3. The fraction of sp³-hybridized carbons (Fsp3) is 0.176. The number of anilines is 1. The summed E-state index contributed by atoms with van der Waals surface area (Å²) in [6, 6.07) is 11.0. The van der Waals surface area contributed by atoms with E-state index >= 15 is 0 Å². The highest BCUT2D eigenvalue weighted by Gasteiger charge is 2.09. The van der Waals surface area contributed by atoms with Crippen LogP contribution in [0.5, 0.6) is 11.5 Å². The molecule has 0 aliphatic heterocycles. The summed E-state index contributed by atoms with van der Waals surface area (Å²) in [5.74, 6) is 2.04. The van der Waals surface area contributed by atoms with Crippen LogP contribution < -0.4 is 10.1 Å². The number of nitrogens with one attached hydrogen (secondary N) is 1. The van der Waals surface area contributed by atoms with Crippen LogP contribution in [0.4, 0.5) is 5.95 Å². The van der Waals surface area contributed by atoms with Gasteiger partial charge in [-0.15, -0.1) is 10.2 Å². The third kappa shape index (κ3) is 4.45. The van der Waals surface area contributed by atoms with Gasteiger partial charge in [-0.2, -0.15) is 0 Å². The summed E-state index contributed by atoms with van der Waals surface area (Å²) in [6.45, 7) is 3.37. The lowest BCUT2D eigenvalue weighted by atomic mass is 10.2. The van der Waals surface area contributed by atoms with Gasteiger partial charge in [0.25, 0.3) is 0 Å². The third-order valence-corrected chi connectivity index (χ3v) is 4.77. The van der Waals surface area contributed by atoms with Crippen molar-refractivity contribution in [3.63, 3.8) is 0 Å². The van der Waals surface area contributed by atoms with Gasteiger partial charge in [0.15, 0.2) is 0 Å². The number of hydrogen-bond acceptors (Lipinski definition) is 4. The van der Waals surface area contributed by atoms with Crippen LogP contribution in [0.25, 0.3) is 0 Å². The Kier molecular flexibility index (Phi) is 5.83. The van der Waals surface area contributed by atoms with Crippen molar-refractivity contribution in [3.8, 4) is 11.5 Å². The Morgan fingerprint density at radius 2 is 2.00 bits per heavy atom. The molecular weight excluding hydrogens is 427 g/mol.